The third-order valence-electron chi connectivity index (χ3n) is 2.87. The molecule has 6 heteroatoms. The zero-order valence-corrected chi connectivity index (χ0v) is 12.1. The van der Waals surface area contributed by atoms with Gasteiger partial charge >= 0.3 is 0 Å². The van der Waals surface area contributed by atoms with E-state index in [1.165, 1.54) is 0 Å². The number of thiazole rings is 1. The summed E-state index contributed by atoms with van der Waals surface area (Å²) in [5.74, 6) is 1.18. The van der Waals surface area contributed by atoms with E-state index >= 15 is 0 Å². The number of aryl methyl sites for hydroxylation is 1. The number of nitrogens with zero attached hydrogens (tertiary/aromatic N) is 3. The Morgan fingerprint density at radius 1 is 1.25 bits per heavy atom. The van der Waals surface area contributed by atoms with Crippen molar-refractivity contribution >= 4 is 17.0 Å². The third kappa shape index (κ3) is 2.55. The number of hydrogen-bond acceptors (Lipinski definition) is 6. The number of benzene rings is 1. The molecule has 0 saturated heterocycles. The number of aromatic nitrogens is 3. The average molecular weight is 286 g/mol. The van der Waals surface area contributed by atoms with Crippen LogP contribution in [0, 0.1) is 6.92 Å². The van der Waals surface area contributed by atoms with Gasteiger partial charge < -0.3 is 9.84 Å². The summed E-state index contributed by atoms with van der Waals surface area (Å²) in [6.07, 6.45) is 0.601. The van der Waals surface area contributed by atoms with E-state index in [4.69, 9.17) is 4.52 Å². The molecule has 1 aromatic carbocycles. The molecule has 0 aliphatic rings. The molecule has 5 nitrogen and oxygen atoms in total. The lowest BCUT2D eigenvalue weighted by Gasteiger charge is -2.03. The van der Waals surface area contributed by atoms with Crippen LogP contribution in [-0.2, 0) is 6.42 Å². The lowest BCUT2D eigenvalue weighted by Crippen LogP contribution is -1.92. The van der Waals surface area contributed by atoms with E-state index in [-0.39, 0.29) is 0 Å². The fourth-order valence-corrected chi connectivity index (χ4v) is 2.71. The van der Waals surface area contributed by atoms with Crippen LogP contribution in [0.15, 0.2) is 34.2 Å². The maximum Gasteiger partial charge on any atom is 0.260 e. The number of para-hydroxylation sites is 1. The van der Waals surface area contributed by atoms with Crippen LogP contribution in [0.1, 0.15) is 16.5 Å². The van der Waals surface area contributed by atoms with Gasteiger partial charge in [-0.15, -0.1) is 11.3 Å². The van der Waals surface area contributed by atoms with Crippen molar-refractivity contribution in [2.24, 2.45) is 0 Å². The minimum atomic E-state index is 0.526. The highest BCUT2D eigenvalue weighted by Crippen LogP contribution is 2.26. The molecule has 0 aliphatic heterocycles. The molecule has 1 N–H and O–H groups in total. The summed E-state index contributed by atoms with van der Waals surface area (Å²) in [7, 11) is 1.87. The number of hydrogen-bond donors (Lipinski definition) is 1. The van der Waals surface area contributed by atoms with Gasteiger partial charge in [0.1, 0.15) is 5.01 Å². The Morgan fingerprint density at radius 2 is 2.10 bits per heavy atom. The predicted octanol–water partition coefficient (Wildman–Crippen LogP) is 3.13. The van der Waals surface area contributed by atoms with E-state index in [9.17, 15) is 0 Å². The minimum Gasteiger partial charge on any atom is -0.387 e. The van der Waals surface area contributed by atoms with Crippen LogP contribution in [0.4, 0.5) is 5.69 Å². The molecule has 2 aromatic heterocycles. The molecule has 0 bridgehead atoms. The number of anilines is 1. The van der Waals surface area contributed by atoms with Gasteiger partial charge in [-0.3, -0.25) is 0 Å². The lowest BCUT2D eigenvalue weighted by atomic mass is 10.2. The fraction of sp³-hybridized carbons (Fsp3) is 0.214. The van der Waals surface area contributed by atoms with E-state index in [0.29, 0.717) is 18.1 Å². The summed E-state index contributed by atoms with van der Waals surface area (Å²) in [4.78, 5) is 8.85. The monoisotopic (exact) mass is 286 g/mol. The Balaban J connectivity index is 1.86. The van der Waals surface area contributed by atoms with Crippen LogP contribution < -0.4 is 5.32 Å². The van der Waals surface area contributed by atoms with E-state index in [0.717, 1.165) is 22.0 Å². The predicted molar refractivity (Wildman–Crippen MR) is 78.9 cm³/mol. The second-order valence-corrected chi connectivity index (χ2v) is 5.31. The summed E-state index contributed by atoms with van der Waals surface area (Å²) in [5, 5.41) is 10.2. The second kappa shape index (κ2) is 5.42. The van der Waals surface area contributed by atoms with Gasteiger partial charge in [0.25, 0.3) is 5.89 Å². The molecule has 0 unspecified atom stereocenters. The minimum absolute atomic E-state index is 0.526. The topological polar surface area (TPSA) is 63.8 Å². The standard InChI is InChI=1S/C14H14N4OS/c1-9-8-20-13(16-9)7-12-17-14(19-18-12)10-5-3-4-6-11(10)15-2/h3-6,8,15H,7H2,1-2H3. The van der Waals surface area contributed by atoms with Gasteiger partial charge in [-0.2, -0.15) is 4.98 Å². The van der Waals surface area contributed by atoms with E-state index in [2.05, 4.69) is 20.4 Å². The van der Waals surface area contributed by atoms with Crippen LogP contribution in [-0.4, -0.2) is 22.2 Å². The van der Waals surface area contributed by atoms with Crippen LogP contribution in [0.3, 0.4) is 0 Å². The van der Waals surface area contributed by atoms with Crippen LogP contribution in [0.25, 0.3) is 11.5 Å². The third-order valence-corrected chi connectivity index (χ3v) is 3.84. The Hall–Kier alpha value is -2.21. The largest absolute Gasteiger partial charge is 0.387 e. The van der Waals surface area contributed by atoms with Gasteiger partial charge in [0.05, 0.1) is 12.0 Å². The molecular formula is C14H14N4OS. The van der Waals surface area contributed by atoms with Gasteiger partial charge in [-0.05, 0) is 19.1 Å². The first-order chi connectivity index (χ1) is 9.76. The van der Waals surface area contributed by atoms with E-state index in [1.54, 1.807) is 11.3 Å². The zero-order chi connectivity index (χ0) is 13.9. The maximum atomic E-state index is 5.35. The highest BCUT2D eigenvalue weighted by atomic mass is 32.1. The lowest BCUT2D eigenvalue weighted by molar-refractivity contribution is 0.424. The quantitative estimate of drug-likeness (QED) is 0.798. The molecule has 3 aromatic rings. The normalized spacial score (nSPS) is 10.7. The maximum absolute atomic E-state index is 5.35. The van der Waals surface area contributed by atoms with Gasteiger partial charge in [0.15, 0.2) is 5.82 Å². The smallest absolute Gasteiger partial charge is 0.260 e. The molecule has 3 rings (SSSR count). The molecule has 0 spiro atoms. The van der Waals surface area contributed by atoms with Gasteiger partial charge in [-0.1, -0.05) is 17.3 Å². The van der Waals surface area contributed by atoms with Crippen molar-refractivity contribution in [3.8, 4) is 11.5 Å². The van der Waals surface area contributed by atoms with Crippen molar-refractivity contribution in [3.05, 3.63) is 46.2 Å². The van der Waals surface area contributed by atoms with Gasteiger partial charge in [0.2, 0.25) is 0 Å². The van der Waals surface area contributed by atoms with Gasteiger partial charge in [0, 0.05) is 23.8 Å². The Kier molecular flexibility index (Phi) is 3.47. The Morgan fingerprint density at radius 3 is 2.85 bits per heavy atom. The van der Waals surface area contributed by atoms with Crippen molar-refractivity contribution in [1.82, 2.24) is 15.1 Å². The molecule has 0 atom stereocenters. The first kappa shape index (κ1) is 12.8. The van der Waals surface area contributed by atoms with Crippen molar-refractivity contribution in [2.75, 3.05) is 12.4 Å². The summed E-state index contributed by atoms with van der Waals surface area (Å²) < 4.78 is 5.35. The van der Waals surface area contributed by atoms with E-state index < -0.39 is 0 Å². The van der Waals surface area contributed by atoms with Crippen LogP contribution in [0.5, 0.6) is 0 Å². The first-order valence-electron chi connectivity index (χ1n) is 6.27. The zero-order valence-electron chi connectivity index (χ0n) is 11.3. The molecule has 0 saturated carbocycles. The molecular weight excluding hydrogens is 272 g/mol. The Labute approximate surface area is 120 Å². The highest BCUT2D eigenvalue weighted by Gasteiger charge is 2.13. The molecule has 20 heavy (non-hydrogen) atoms. The first-order valence-corrected chi connectivity index (χ1v) is 7.15. The second-order valence-electron chi connectivity index (χ2n) is 4.37. The molecule has 2 heterocycles. The molecule has 102 valence electrons. The molecule has 0 amide bonds. The van der Waals surface area contributed by atoms with E-state index in [1.807, 2.05) is 43.6 Å². The van der Waals surface area contributed by atoms with Crippen LogP contribution in [0.2, 0.25) is 0 Å². The van der Waals surface area contributed by atoms with Gasteiger partial charge in [-0.25, -0.2) is 4.98 Å². The summed E-state index contributed by atoms with van der Waals surface area (Å²) in [6.45, 7) is 1.98. The van der Waals surface area contributed by atoms with Crippen LogP contribution >= 0.6 is 11.3 Å². The SMILES string of the molecule is CNc1ccccc1-c1nc(Cc2nc(C)cs2)no1. The number of rotatable bonds is 4. The summed E-state index contributed by atoms with van der Waals surface area (Å²) in [6, 6.07) is 7.84. The molecule has 0 fully saturated rings. The summed E-state index contributed by atoms with van der Waals surface area (Å²) in [5.41, 5.74) is 2.89. The average Bonchev–Trinajstić information content (AvgIpc) is 3.08. The molecule has 0 aliphatic carbocycles. The molecule has 0 radical (unpaired) electrons. The van der Waals surface area contributed by atoms with Crippen molar-refractivity contribution < 1.29 is 4.52 Å². The van der Waals surface area contributed by atoms with Crippen molar-refractivity contribution in [1.29, 1.82) is 0 Å². The van der Waals surface area contributed by atoms with Crippen molar-refractivity contribution in [2.45, 2.75) is 13.3 Å². The summed E-state index contributed by atoms with van der Waals surface area (Å²) >= 11 is 1.61. The number of nitrogens with one attached hydrogen (secondary N) is 1. The fourth-order valence-electron chi connectivity index (χ4n) is 1.94. The van der Waals surface area contributed by atoms with Crippen molar-refractivity contribution in [3.63, 3.8) is 0 Å². The highest BCUT2D eigenvalue weighted by molar-refractivity contribution is 7.09. The Bertz CT molecular complexity index is 719.